The molecular weight excluding hydrogens is 241 g/mol. The van der Waals surface area contributed by atoms with Crippen LogP contribution in [-0.4, -0.2) is 35.0 Å². The molecule has 0 aromatic carbocycles. The maximum Gasteiger partial charge on any atom is 0.407 e. The second kappa shape index (κ2) is 5.37. The number of carboxylic acid groups (broad SMARTS) is 1. The Morgan fingerprint density at radius 3 is 2.61 bits per heavy atom. The van der Waals surface area contributed by atoms with Crippen molar-refractivity contribution in [3.8, 4) is 0 Å². The molecule has 0 aliphatic heterocycles. The summed E-state index contributed by atoms with van der Waals surface area (Å²) in [6.45, 7) is 5.09. The van der Waals surface area contributed by atoms with Gasteiger partial charge in [0.2, 0.25) is 0 Å². The highest BCUT2D eigenvalue weighted by atomic mass is 19.1. The first-order chi connectivity index (χ1) is 8.19. The third-order valence-electron chi connectivity index (χ3n) is 2.44. The summed E-state index contributed by atoms with van der Waals surface area (Å²) in [4.78, 5) is 22.3. The van der Waals surface area contributed by atoms with Gasteiger partial charge < -0.3 is 15.2 Å². The van der Waals surface area contributed by atoms with Crippen LogP contribution in [0.4, 0.5) is 9.18 Å². The largest absolute Gasteiger partial charge is 0.478 e. The number of hydrogen-bond acceptors (Lipinski definition) is 3. The summed E-state index contributed by atoms with van der Waals surface area (Å²) in [6.07, 6.45) is -0.722. The first kappa shape index (κ1) is 14.5. The summed E-state index contributed by atoms with van der Waals surface area (Å²) in [7, 11) is 0. The predicted molar refractivity (Wildman–Crippen MR) is 63.0 cm³/mol. The van der Waals surface area contributed by atoms with E-state index in [1.807, 2.05) is 0 Å². The summed E-state index contributed by atoms with van der Waals surface area (Å²) >= 11 is 0. The SMILES string of the molecule is CC(C)(C)OC(=O)N[C@H]1CC(C(=O)O)=CC[C@@H]1F. The van der Waals surface area contributed by atoms with Crippen molar-refractivity contribution in [3.05, 3.63) is 11.6 Å². The molecule has 6 heteroatoms. The molecule has 0 spiro atoms. The number of nitrogens with one attached hydrogen (secondary N) is 1. The van der Waals surface area contributed by atoms with Crippen LogP contribution < -0.4 is 5.32 Å². The van der Waals surface area contributed by atoms with Gasteiger partial charge in [-0.1, -0.05) is 6.08 Å². The average Bonchev–Trinajstić information content (AvgIpc) is 2.18. The van der Waals surface area contributed by atoms with E-state index in [4.69, 9.17) is 9.84 Å². The van der Waals surface area contributed by atoms with E-state index < -0.39 is 29.9 Å². The summed E-state index contributed by atoms with van der Waals surface area (Å²) in [5.41, 5.74) is -0.555. The molecule has 102 valence electrons. The molecule has 0 unspecified atom stereocenters. The molecule has 0 aromatic heterocycles. The summed E-state index contributed by atoms with van der Waals surface area (Å²) in [5.74, 6) is -1.09. The molecule has 0 aromatic rings. The van der Waals surface area contributed by atoms with E-state index in [0.29, 0.717) is 0 Å². The average molecular weight is 259 g/mol. The van der Waals surface area contributed by atoms with Crippen molar-refractivity contribution in [1.82, 2.24) is 5.32 Å². The lowest BCUT2D eigenvalue weighted by Gasteiger charge is -2.27. The lowest BCUT2D eigenvalue weighted by atomic mass is 9.93. The zero-order chi connectivity index (χ0) is 13.9. The van der Waals surface area contributed by atoms with Gasteiger partial charge in [0.25, 0.3) is 0 Å². The van der Waals surface area contributed by atoms with E-state index in [1.165, 1.54) is 6.08 Å². The van der Waals surface area contributed by atoms with Crippen LogP contribution in [0.5, 0.6) is 0 Å². The lowest BCUT2D eigenvalue weighted by Crippen LogP contribution is -2.45. The lowest BCUT2D eigenvalue weighted by molar-refractivity contribution is -0.133. The van der Waals surface area contributed by atoms with Gasteiger partial charge in [-0.25, -0.2) is 14.0 Å². The maximum absolute atomic E-state index is 13.6. The molecule has 0 bridgehead atoms. The van der Waals surface area contributed by atoms with Gasteiger partial charge in [0.05, 0.1) is 6.04 Å². The highest BCUT2D eigenvalue weighted by Gasteiger charge is 2.30. The van der Waals surface area contributed by atoms with Crippen molar-refractivity contribution in [2.45, 2.75) is 51.4 Å². The van der Waals surface area contributed by atoms with Crippen molar-refractivity contribution >= 4 is 12.1 Å². The molecule has 0 saturated carbocycles. The van der Waals surface area contributed by atoms with Gasteiger partial charge >= 0.3 is 12.1 Å². The van der Waals surface area contributed by atoms with Gasteiger partial charge in [0.15, 0.2) is 0 Å². The number of rotatable bonds is 2. The Balaban J connectivity index is 2.59. The number of carboxylic acids is 1. The number of alkyl halides is 1. The predicted octanol–water partition coefficient (Wildman–Crippen LogP) is 2.02. The highest BCUT2D eigenvalue weighted by Crippen LogP contribution is 2.22. The molecule has 0 heterocycles. The minimum absolute atomic E-state index is 0.0118. The summed E-state index contributed by atoms with van der Waals surface area (Å²) in [5, 5.41) is 11.2. The number of amides is 1. The van der Waals surface area contributed by atoms with Gasteiger partial charge in [0.1, 0.15) is 11.8 Å². The molecule has 1 rings (SSSR count). The monoisotopic (exact) mass is 259 g/mol. The highest BCUT2D eigenvalue weighted by molar-refractivity contribution is 5.87. The number of carbonyl (C=O) groups is 2. The van der Waals surface area contributed by atoms with Gasteiger partial charge in [0, 0.05) is 12.0 Å². The Morgan fingerprint density at radius 2 is 2.11 bits per heavy atom. The molecule has 2 N–H and O–H groups in total. The van der Waals surface area contributed by atoms with Crippen molar-refractivity contribution < 1.29 is 23.8 Å². The Morgan fingerprint density at radius 1 is 1.50 bits per heavy atom. The van der Waals surface area contributed by atoms with E-state index in [9.17, 15) is 14.0 Å². The topological polar surface area (TPSA) is 75.6 Å². The van der Waals surface area contributed by atoms with Crippen LogP contribution in [0.1, 0.15) is 33.6 Å². The van der Waals surface area contributed by atoms with Crippen molar-refractivity contribution in [2.75, 3.05) is 0 Å². The normalized spacial score (nSPS) is 24.1. The van der Waals surface area contributed by atoms with Gasteiger partial charge in [-0.3, -0.25) is 0 Å². The number of alkyl carbamates (subject to hydrolysis) is 1. The standard InChI is InChI=1S/C12H18FNO4/c1-12(2,3)18-11(17)14-9-6-7(10(15)16)4-5-8(9)13/h4,8-9H,5-6H2,1-3H3,(H,14,17)(H,15,16)/t8-,9-/m0/s1. The second-order valence-corrected chi connectivity index (χ2v) is 5.24. The van der Waals surface area contributed by atoms with Crippen LogP contribution in [0.3, 0.4) is 0 Å². The Hall–Kier alpha value is -1.59. The van der Waals surface area contributed by atoms with E-state index in [0.717, 1.165) is 0 Å². The zero-order valence-corrected chi connectivity index (χ0v) is 10.7. The van der Waals surface area contributed by atoms with Crippen LogP contribution in [0.25, 0.3) is 0 Å². The van der Waals surface area contributed by atoms with Crippen molar-refractivity contribution in [1.29, 1.82) is 0 Å². The van der Waals surface area contributed by atoms with E-state index >= 15 is 0 Å². The third-order valence-corrected chi connectivity index (χ3v) is 2.44. The number of halogens is 1. The summed E-state index contributed by atoms with van der Waals surface area (Å²) < 4.78 is 18.6. The zero-order valence-electron chi connectivity index (χ0n) is 10.7. The Labute approximate surface area is 105 Å². The van der Waals surface area contributed by atoms with Crippen molar-refractivity contribution in [3.63, 3.8) is 0 Å². The number of hydrogen-bond donors (Lipinski definition) is 2. The molecular formula is C12H18FNO4. The maximum atomic E-state index is 13.6. The van der Waals surface area contributed by atoms with Crippen molar-refractivity contribution in [2.24, 2.45) is 0 Å². The number of carbonyl (C=O) groups excluding carboxylic acids is 1. The fraction of sp³-hybridized carbons (Fsp3) is 0.667. The first-order valence-corrected chi connectivity index (χ1v) is 5.75. The molecule has 0 radical (unpaired) electrons. The van der Waals surface area contributed by atoms with Gasteiger partial charge in [-0.15, -0.1) is 0 Å². The summed E-state index contributed by atoms with van der Waals surface area (Å²) in [6, 6.07) is -0.851. The minimum atomic E-state index is -1.29. The molecule has 0 fully saturated rings. The Bertz CT molecular complexity index is 373. The minimum Gasteiger partial charge on any atom is -0.478 e. The van der Waals surface area contributed by atoms with Crippen LogP contribution in [-0.2, 0) is 9.53 Å². The Kier molecular flexibility index (Phi) is 4.32. The van der Waals surface area contributed by atoms with Crippen LogP contribution in [0, 0.1) is 0 Å². The van der Waals surface area contributed by atoms with E-state index in [-0.39, 0.29) is 18.4 Å². The fourth-order valence-corrected chi connectivity index (χ4v) is 1.64. The van der Waals surface area contributed by atoms with E-state index in [2.05, 4.69) is 5.32 Å². The third kappa shape index (κ3) is 4.35. The number of allylic oxidation sites excluding steroid dienone is 1. The van der Waals surface area contributed by atoms with Gasteiger partial charge in [-0.2, -0.15) is 0 Å². The quantitative estimate of drug-likeness (QED) is 0.795. The number of ether oxygens (including phenoxy) is 1. The molecule has 5 nitrogen and oxygen atoms in total. The number of aliphatic carboxylic acids is 1. The van der Waals surface area contributed by atoms with Crippen LogP contribution >= 0.6 is 0 Å². The second-order valence-electron chi connectivity index (χ2n) is 5.24. The fourth-order valence-electron chi connectivity index (χ4n) is 1.64. The van der Waals surface area contributed by atoms with E-state index in [1.54, 1.807) is 20.8 Å². The molecule has 1 amide bonds. The smallest absolute Gasteiger partial charge is 0.407 e. The van der Waals surface area contributed by atoms with Crippen LogP contribution in [0.15, 0.2) is 11.6 Å². The first-order valence-electron chi connectivity index (χ1n) is 5.75. The molecule has 18 heavy (non-hydrogen) atoms. The molecule has 0 saturated heterocycles. The van der Waals surface area contributed by atoms with Crippen LogP contribution in [0.2, 0.25) is 0 Å². The van der Waals surface area contributed by atoms with Gasteiger partial charge in [-0.05, 0) is 27.2 Å². The molecule has 1 aliphatic carbocycles. The molecule has 2 atom stereocenters. The molecule has 1 aliphatic rings.